The normalized spacial score (nSPS) is 12.9. The molecule has 0 N–H and O–H groups in total. The van der Waals surface area contributed by atoms with E-state index in [1.54, 1.807) is 7.11 Å². The summed E-state index contributed by atoms with van der Waals surface area (Å²) in [5, 5.41) is 0. The van der Waals surface area contributed by atoms with Crippen LogP contribution in [0.4, 0.5) is 0 Å². The van der Waals surface area contributed by atoms with Crippen molar-refractivity contribution in [2.24, 2.45) is 5.41 Å². The molecule has 0 fully saturated rings. The van der Waals surface area contributed by atoms with Crippen molar-refractivity contribution in [1.82, 2.24) is 9.55 Å². The molecule has 0 unspecified atom stereocenters. The molecule has 0 aliphatic carbocycles. The molecule has 0 spiro atoms. The molecule has 21 heavy (non-hydrogen) atoms. The van der Waals surface area contributed by atoms with Crippen molar-refractivity contribution in [1.29, 1.82) is 0 Å². The van der Waals surface area contributed by atoms with Gasteiger partial charge in [0.2, 0.25) is 0 Å². The Kier molecular flexibility index (Phi) is 4.25. The minimum absolute atomic E-state index is 0.0659. The van der Waals surface area contributed by atoms with Gasteiger partial charge in [-0.2, -0.15) is 0 Å². The Bertz CT molecular complexity index is 638. The fourth-order valence-electron chi connectivity index (χ4n) is 3.37. The molecule has 0 radical (unpaired) electrons. The SMILES string of the molecule is COc1ccc2nc(CCl)n(C(C)(C)CC(C)(C)C)c2c1. The highest BCUT2D eigenvalue weighted by molar-refractivity contribution is 6.16. The second kappa shape index (κ2) is 5.53. The minimum Gasteiger partial charge on any atom is -0.497 e. The Morgan fingerprint density at radius 2 is 1.86 bits per heavy atom. The maximum absolute atomic E-state index is 6.14. The molecule has 0 bridgehead atoms. The fourth-order valence-corrected chi connectivity index (χ4v) is 3.55. The van der Waals surface area contributed by atoms with E-state index in [4.69, 9.17) is 16.3 Å². The van der Waals surface area contributed by atoms with E-state index in [0.717, 1.165) is 29.0 Å². The molecule has 1 heterocycles. The van der Waals surface area contributed by atoms with Crippen LogP contribution in [-0.4, -0.2) is 16.7 Å². The Balaban J connectivity index is 2.64. The predicted molar refractivity (Wildman–Crippen MR) is 89.2 cm³/mol. The number of alkyl halides is 1. The molecule has 0 saturated heterocycles. The number of hydrogen-bond acceptors (Lipinski definition) is 2. The third kappa shape index (κ3) is 3.34. The van der Waals surface area contributed by atoms with Crippen LogP contribution >= 0.6 is 11.6 Å². The monoisotopic (exact) mass is 308 g/mol. The highest BCUT2D eigenvalue weighted by Crippen LogP contribution is 2.36. The standard InChI is InChI=1S/C17H25ClN2O/c1-16(2,3)11-17(4,5)20-14-9-12(21-6)7-8-13(14)19-15(20)10-18/h7-9H,10-11H2,1-6H3. The second-order valence-electron chi connectivity index (χ2n) is 7.40. The van der Waals surface area contributed by atoms with Gasteiger partial charge in [-0.3, -0.25) is 0 Å². The minimum atomic E-state index is -0.0659. The Morgan fingerprint density at radius 3 is 2.38 bits per heavy atom. The van der Waals surface area contributed by atoms with Gasteiger partial charge in [0.15, 0.2) is 0 Å². The van der Waals surface area contributed by atoms with Gasteiger partial charge < -0.3 is 9.30 Å². The van der Waals surface area contributed by atoms with E-state index < -0.39 is 0 Å². The largest absolute Gasteiger partial charge is 0.497 e. The lowest BCUT2D eigenvalue weighted by atomic mass is 9.81. The number of ether oxygens (including phenoxy) is 1. The van der Waals surface area contributed by atoms with Crippen molar-refractivity contribution in [2.75, 3.05) is 7.11 Å². The third-order valence-corrected chi connectivity index (χ3v) is 3.86. The van der Waals surface area contributed by atoms with Crippen LogP contribution in [0, 0.1) is 5.41 Å². The van der Waals surface area contributed by atoms with E-state index in [1.807, 2.05) is 18.2 Å². The van der Waals surface area contributed by atoms with Gasteiger partial charge in [-0.05, 0) is 37.8 Å². The maximum Gasteiger partial charge on any atom is 0.125 e. The fraction of sp³-hybridized carbons (Fsp3) is 0.588. The lowest BCUT2D eigenvalue weighted by Gasteiger charge is -2.35. The van der Waals surface area contributed by atoms with Crippen LogP contribution in [-0.2, 0) is 11.4 Å². The zero-order valence-corrected chi connectivity index (χ0v) is 14.6. The molecule has 0 aliphatic rings. The molecule has 1 aromatic heterocycles. The number of fused-ring (bicyclic) bond motifs is 1. The quantitative estimate of drug-likeness (QED) is 0.747. The third-order valence-electron chi connectivity index (χ3n) is 3.62. The summed E-state index contributed by atoms with van der Waals surface area (Å²) in [6.45, 7) is 11.3. The molecule has 2 aromatic rings. The number of imidazole rings is 1. The predicted octanol–water partition coefficient (Wildman–Crippen LogP) is 4.96. The maximum atomic E-state index is 6.14. The first-order valence-electron chi connectivity index (χ1n) is 7.30. The second-order valence-corrected chi connectivity index (χ2v) is 7.67. The van der Waals surface area contributed by atoms with E-state index in [-0.39, 0.29) is 11.0 Å². The average molecular weight is 309 g/mol. The van der Waals surface area contributed by atoms with Gasteiger partial charge in [-0.1, -0.05) is 20.8 Å². The van der Waals surface area contributed by atoms with Gasteiger partial charge in [-0.15, -0.1) is 11.6 Å². The van der Waals surface area contributed by atoms with Crippen molar-refractivity contribution < 1.29 is 4.74 Å². The van der Waals surface area contributed by atoms with E-state index in [9.17, 15) is 0 Å². The van der Waals surface area contributed by atoms with E-state index in [2.05, 4.69) is 44.2 Å². The highest BCUT2D eigenvalue weighted by Gasteiger charge is 2.30. The zero-order chi connectivity index (χ0) is 15.8. The lowest BCUT2D eigenvalue weighted by molar-refractivity contribution is 0.216. The molecule has 1 aromatic carbocycles. The number of halogens is 1. The molecular weight excluding hydrogens is 284 g/mol. The van der Waals surface area contributed by atoms with E-state index >= 15 is 0 Å². The summed E-state index contributed by atoms with van der Waals surface area (Å²) in [4.78, 5) is 4.68. The summed E-state index contributed by atoms with van der Waals surface area (Å²) in [6.07, 6.45) is 1.03. The Morgan fingerprint density at radius 1 is 1.19 bits per heavy atom. The number of aromatic nitrogens is 2. The molecule has 0 amide bonds. The molecule has 2 rings (SSSR count). The van der Waals surface area contributed by atoms with Gasteiger partial charge >= 0.3 is 0 Å². The number of rotatable bonds is 4. The van der Waals surface area contributed by atoms with Gasteiger partial charge in [0.05, 0.1) is 24.0 Å². The molecule has 0 aliphatic heterocycles. The number of hydrogen-bond donors (Lipinski definition) is 0. The average Bonchev–Trinajstić information content (AvgIpc) is 2.73. The summed E-state index contributed by atoms with van der Waals surface area (Å²) < 4.78 is 7.63. The summed E-state index contributed by atoms with van der Waals surface area (Å²) in [7, 11) is 1.69. The number of benzene rings is 1. The van der Waals surface area contributed by atoms with Gasteiger partial charge in [0, 0.05) is 11.6 Å². The Labute approximate surface area is 132 Å². The van der Waals surface area contributed by atoms with Crippen LogP contribution < -0.4 is 4.74 Å². The molecule has 0 saturated carbocycles. The van der Waals surface area contributed by atoms with Crippen LogP contribution in [0.3, 0.4) is 0 Å². The number of nitrogens with zero attached hydrogens (tertiary/aromatic N) is 2. The molecule has 4 heteroatoms. The van der Waals surface area contributed by atoms with Gasteiger partial charge in [-0.25, -0.2) is 4.98 Å². The first-order valence-corrected chi connectivity index (χ1v) is 7.83. The van der Waals surface area contributed by atoms with Crippen molar-refractivity contribution in [3.63, 3.8) is 0 Å². The topological polar surface area (TPSA) is 27.1 Å². The van der Waals surface area contributed by atoms with Crippen LogP contribution in [0.15, 0.2) is 18.2 Å². The number of methoxy groups -OCH3 is 1. The van der Waals surface area contributed by atoms with Crippen molar-refractivity contribution in [2.45, 2.75) is 52.5 Å². The van der Waals surface area contributed by atoms with Crippen LogP contribution in [0.5, 0.6) is 5.75 Å². The van der Waals surface area contributed by atoms with Crippen LogP contribution in [0.1, 0.15) is 46.9 Å². The van der Waals surface area contributed by atoms with E-state index in [1.165, 1.54) is 0 Å². The van der Waals surface area contributed by atoms with Gasteiger partial charge in [0.25, 0.3) is 0 Å². The smallest absolute Gasteiger partial charge is 0.125 e. The van der Waals surface area contributed by atoms with Gasteiger partial charge in [0.1, 0.15) is 11.6 Å². The summed E-state index contributed by atoms with van der Waals surface area (Å²) in [6, 6.07) is 5.98. The molecular formula is C17H25ClN2O. The molecule has 116 valence electrons. The lowest BCUT2D eigenvalue weighted by Crippen LogP contribution is -2.32. The van der Waals surface area contributed by atoms with Crippen molar-refractivity contribution >= 4 is 22.6 Å². The first-order chi connectivity index (χ1) is 9.68. The molecule has 0 atom stereocenters. The summed E-state index contributed by atoms with van der Waals surface area (Å²) in [5.74, 6) is 2.16. The van der Waals surface area contributed by atoms with Crippen LogP contribution in [0.2, 0.25) is 0 Å². The summed E-state index contributed by atoms with van der Waals surface area (Å²) in [5.41, 5.74) is 2.21. The zero-order valence-electron chi connectivity index (χ0n) is 13.8. The Hall–Kier alpha value is -1.22. The van der Waals surface area contributed by atoms with Crippen LogP contribution in [0.25, 0.3) is 11.0 Å². The van der Waals surface area contributed by atoms with E-state index in [0.29, 0.717) is 5.88 Å². The van der Waals surface area contributed by atoms with Crippen molar-refractivity contribution in [3.05, 3.63) is 24.0 Å². The first kappa shape index (κ1) is 16.2. The highest BCUT2D eigenvalue weighted by atomic mass is 35.5. The molecule has 3 nitrogen and oxygen atoms in total. The summed E-state index contributed by atoms with van der Waals surface area (Å²) >= 11 is 6.14. The van der Waals surface area contributed by atoms with Crippen molar-refractivity contribution in [3.8, 4) is 5.75 Å².